The van der Waals surface area contributed by atoms with Gasteiger partial charge in [-0.3, -0.25) is 4.79 Å². The molecule has 1 aliphatic heterocycles. The van der Waals surface area contributed by atoms with Crippen molar-refractivity contribution in [2.24, 2.45) is 0 Å². The third-order valence-corrected chi connectivity index (χ3v) is 4.49. The first-order chi connectivity index (χ1) is 11.5. The Morgan fingerprint density at radius 3 is 2.64 bits per heavy atom. The highest BCUT2D eigenvalue weighted by Crippen LogP contribution is 2.32. The second-order valence-electron chi connectivity index (χ2n) is 6.62. The van der Waals surface area contributed by atoms with Crippen molar-refractivity contribution in [3.63, 3.8) is 0 Å². The summed E-state index contributed by atoms with van der Waals surface area (Å²) in [6.45, 7) is 6.82. The van der Waals surface area contributed by atoms with Crippen molar-refractivity contribution in [3.8, 4) is 0 Å². The van der Waals surface area contributed by atoms with Gasteiger partial charge in [-0.05, 0) is 57.5 Å². The van der Waals surface area contributed by atoms with Crippen LogP contribution in [-0.2, 0) is 11.2 Å². The van der Waals surface area contributed by atoms with Gasteiger partial charge in [-0.1, -0.05) is 11.2 Å². The summed E-state index contributed by atoms with van der Waals surface area (Å²) in [6, 6.07) is 6.46. The Hall–Kier alpha value is -1.92. The molecule has 1 saturated heterocycles. The molecule has 25 heavy (non-hydrogen) atoms. The quantitative estimate of drug-likeness (QED) is 0.883. The molecule has 0 aliphatic carbocycles. The Morgan fingerprint density at radius 2 is 2.00 bits per heavy atom. The van der Waals surface area contributed by atoms with Gasteiger partial charge in [0.05, 0.1) is 0 Å². The molecule has 0 radical (unpaired) electrons. The van der Waals surface area contributed by atoms with E-state index >= 15 is 0 Å². The second kappa shape index (κ2) is 7.97. The number of rotatable bonds is 5. The van der Waals surface area contributed by atoms with Crippen molar-refractivity contribution in [1.29, 1.82) is 0 Å². The number of aryl methyl sites for hydroxylation is 2. The Labute approximate surface area is 154 Å². The number of aromatic nitrogens is 2. The summed E-state index contributed by atoms with van der Waals surface area (Å²) in [5.41, 5.74) is 3.26. The minimum Gasteiger partial charge on any atom is -0.338 e. The summed E-state index contributed by atoms with van der Waals surface area (Å²) in [5, 5.41) is 7.16. The van der Waals surface area contributed by atoms with Crippen LogP contribution < -0.4 is 10.2 Å². The van der Waals surface area contributed by atoms with Gasteiger partial charge in [0.2, 0.25) is 11.8 Å². The number of carbonyl (C=O) groups is 1. The summed E-state index contributed by atoms with van der Waals surface area (Å²) in [7, 11) is 1.90. The predicted octanol–water partition coefficient (Wildman–Crippen LogP) is 2.78. The lowest BCUT2D eigenvalue weighted by Gasteiger charge is -2.17. The van der Waals surface area contributed by atoms with Crippen molar-refractivity contribution >= 4 is 24.0 Å². The van der Waals surface area contributed by atoms with Crippen LogP contribution in [-0.4, -0.2) is 35.7 Å². The van der Waals surface area contributed by atoms with Gasteiger partial charge >= 0.3 is 0 Å². The van der Waals surface area contributed by atoms with E-state index in [1.54, 1.807) is 0 Å². The Balaban J connectivity index is 0.00000225. The van der Waals surface area contributed by atoms with Crippen LogP contribution in [0.5, 0.6) is 0 Å². The number of amides is 1. The van der Waals surface area contributed by atoms with E-state index in [1.807, 2.05) is 37.9 Å². The molecule has 1 N–H and O–H groups in total. The Kier molecular flexibility index (Phi) is 6.19. The number of carbonyl (C=O) groups excluding carboxylic acids is 1. The first-order valence-corrected chi connectivity index (χ1v) is 8.37. The molecule has 7 heteroatoms. The molecule has 2 atom stereocenters. The van der Waals surface area contributed by atoms with Crippen LogP contribution >= 0.6 is 12.4 Å². The third kappa shape index (κ3) is 4.19. The standard InChI is InChI=1S/C18H24N4O2.ClH/c1-11-7-12(2)9-14(8-11)22-6-5-15(18(22)23)17-20-16(21-24-17)10-13(3)19-4;/h7-9,13,15,19H,5-6,10H2,1-4H3;1H. The van der Waals surface area contributed by atoms with E-state index in [1.165, 1.54) is 0 Å². The molecule has 1 amide bonds. The average Bonchev–Trinajstić information content (AvgIpc) is 3.12. The summed E-state index contributed by atoms with van der Waals surface area (Å²) < 4.78 is 5.36. The molecular formula is C18H25ClN4O2. The molecule has 0 saturated carbocycles. The lowest BCUT2D eigenvalue weighted by molar-refractivity contribution is -0.118. The molecule has 2 aromatic rings. The minimum atomic E-state index is -0.336. The van der Waals surface area contributed by atoms with E-state index in [0.717, 1.165) is 16.8 Å². The number of halogens is 1. The maximum atomic E-state index is 12.8. The lowest BCUT2D eigenvalue weighted by Crippen LogP contribution is -2.26. The summed E-state index contributed by atoms with van der Waals surface area (Å²) >= 11 is 0. The molecule has 1 aliphatic rings. The predicted molar refractivity (Wildman–Crippen MR) is 99.4 cm³/mol. The maximum absolute atomic E-state index is 12.8. The number of likely N-dealkylation sites (N-methyl/N-ethyl adjacent to an activating group) is 1. The number of hydrogen-bond donors (Lipinski definition) is 1. The first kappa shape index (κ1) is 19.4. The van der Waals surface area contributed by atoms with Crippen LogP contribution in [0.15, 0.2) is 22.7 Å². The van der Waals surface area contributed by atoms with Crippen LogP contribution in [0.1, 0.15) is 42.1 Å². The molecule has 6 nitrogen and oxygen atoms in total. The minimum absolute atomic E-state index is 0. The highest BCUT2D eigenvalue weighted by molar-refractivity contribution is 5.99. The fourth-order valence-electron chi connectivity index (χ4n) is 3.14. The van der Waals surface area contributed by atoms with Crippen molar-refractivity contribution in [3.05, 3.63) is 41.0 Å². The zero-order chi connectivity index (χ0) is 17.3. The molecule has 0 bridgehead atoms. The van der Waals surface area contributed by atoms with Crippen LogP contribution in [0, 0.1) is 13.8 Å². The van der Waals surface area contributed by atoms with Gasteiger partial charge in [0.15, 0.2) is 5.82 Å². The average molecular weight is 365 g/mol. The molecule has 0 spiro atoms. The normalized spacial score (nSPS) is 18.3. The first-order valence-electron chi connectivity index (χ1n) is 8.37. The van der Waals surface area contributed by atoms with Gasteiger partial charge in [-0.2, -0.15) is 4.98 Å². The van der Waals surface area contributed by atoms with E-state index < -0.39 is 0 Å². The summed E-state index contributed by atoms with van der Waals surface area (Å²) in [5.74, 6) is 0.781. The van der Waals surface area contributed by atoms with Gasteiger partial charge in [-0.25, -0.2) is 0 Å². The molecular weight excluding hydrogens is 340 g/mol. The van der Waals surface area contributed by atoms with Gasteiger partial charge in [0.25, 0.3) is 0 Å². The summed E-state index contributed by atoms with van der Waals surface area (Å²) in [6.07, 6.45) is 1.39. The van der Waals surface area contributed by atoms with Crippen LogP contribution in [0.25, 0.3) is 0 Å². The topological polar surface area (TPSA) is 71.3 Å². The summed E-state index contributed by atoms with van der Waals surface area (Å²) in [4.78, 5) is 19.1. The number of nitrogens with zero attached hydrogens (tertiary/aromatic N) is 3. The number of hydrogen-bond acceptors (Lipinski definition) is 5. The van der Waals surface area contributed by atoms with Crippen LogP contribution in [0.4, 0.5) is 5.69 Å². The number of nitrogens with one attached hydrogen (secondary N) is 1. The Bertz CT molecular complexity index is 726. The van der Waals surface area contributed by atoms with Crippen LogP contribution in [0.2, 0.25) is 0 Å². The lowest BCUT2D eigenvalue weighted by atomic mass is 10.1. The molecule has 1 fully saturated rings. The molecule has 1 aromatic carbocycles. The Morgan fingerprint density at radius 1 is 1.32 bits per heavy atom. The van der Waals surface area contributed by atoms with Crippen LogP contribution in [0.3, 0.4) is 0 Å². The van der Waals surface area contributed by atoms with E-state index in [9.17, 15) is 4.79 Å². The number of anilines is 1. The fraction of sp³-hybridized carbons (Fsp3) is 0.500. The van der Waals surface area contributed by atoms with E-state index in [-0.39, 0.29) is 30.3 Å². The van der Waals surface area contributed by atoms with Crippen molar-refractivity contribution in [2.45, 2.75) is 45.6 Å². The molecule has 1 aromatic heterocycles. The van der Waals surface area contributed by atoms with Gasteiger partial charge in [-0.15, -0.1) is 12.4 Å². The molecule has 136 valence electrons. The van der Waals surface area contributed by atoms with Crippen molar-refractivity contribution < 1.29 is 9.32 Å². The SMILES string of the molecule is CNC(C)Cc1noc(C2CCN(c3cc(C)cc(C)c3)C2=O)n1.Cl. The smallest absolute Gasteiger partial charge is 0.239 e. The molecule has 2 heterocycles. The molecule has 3 rings (SSSR count). The van der Waals surface area contributed by atoms with Crippen molar-refractivity contribution in [2.75, 3.05) is 18.5 Å². The third-order valence-electron chi connectivity index (χ3n) is 4.49. The van der Waals surface area contributed by atoms with Crippen molar-refractivity contribution in [1.82, 2.24) is 15.5 Å². The van der Waals surface area contributed by atoms with E-state index in [4.69, 9.17) is 4.52 Å². The van der Waals surface area contributed by atoms with E-state index in [2.05, 4.69) is 28.4 Å². The highest BCUT2D eigenvalue weighted by Gasteiger charge is 2.37. The highest BCUT2D eigenvalue weighted by atomic mass is 35.5. The van der Waals surface area contributed by atoms with Gasteiger partial charge in [0, 0.05) is 24.7 Å². The molecule has 2 unspecified atom stereocenters. The second-order valence-corrected chi connectivity index (χ2v) is 6.62. The van der Waals surface area contributed by atoms with Gasteiger partial charge in [0.1, 0.15) is 5.92 Å². The zero-order valence-corrected chi connectivity index (χ0v) is 15.9. The maximum Gasteiger partial charge on any atom is 0.239 e. The van der Waals surface area contributed by atoms with Gasteiger partial charge < -0.3 is 14.7 Å². The fourth-order valence-corrected chi connectivity index (χ4v) is 3.14. The monoisotopic (exact) mass is 364 g/mol. The zero-order valence-electron chi connectivity index (χ0n) is 15.1. The number of benzene rings is 1. The largest absolute Gasteiger partial charge is 0.338 e. The van der Waals surface area contributed by atoms with E-state index in [0.29, 0.717) is 31.1 Å².